The van der Waals surface area contributed by atoms with Gasteiger partial charge in [-0.2, -0.15) is 0 Å². The summed E-state index contributed by atoms with van der Waals surface area (Å²) in [5.41, 5.74) is 0.550. The lowest BCUT2D eigenvalue weighted by molar-refractivity contribution is 0.187. The van der Waals surface area contributed by atoms with Gasteiger partial charge in [-0.1, -0.05) is 6.07 Å². The number of nitrogens with zero attached hydrogens (tertiary/aromatic N) is 3. The summed E-state index contributed by atoms with van der Waals surface area (Å²) >= 11 is 0. The van der Waals surface area contributed by atoms with Crippen molar-refractivity contribution in [2.45, 2.75) is 31.6 Å². The van der Waals surface area contributed by atoms with Crippen molar-refractivity contribution in [3.8, 4) is 0 Å². The zero-order valence-corrected chi connectivity index (χ0v) is 16.9. The van der Waals surface area contributed by atoms with E-state index >= 15 is 0 Å². The van der Waals surface area contributed by atoms with Gasteiger partial charge in [0.2, 0.25) is 5.96 Å². The van der Waals surface area contributed by atoms with E-state index in [1.807, 2.05) is 0 Å². The topological polar surface area (TPSA) is 112 Å². The van der Waals surface area contributed by atoms with Crippen LogP contribution >= 0.6 is 0 Å². The second kappa shape index (κ2) is 8.26. The molecule has 31 heavy (non-hydrogen) atoms. The summed E-state index contributed by atoms with van der Waals surface area (Å²) in [6.45, 7) is 2.06. The molecule has 1 aliphatic heterocycles. The maximum Gasteiger partial charge on any atom is 0.412 e. The second-order valence-electron chi connectivity index (χ2n) is 7.47. The van der Waals surface area contributed by atoms with Crippen LogP contribution in [0.2, 0.25) is 0 Å². The van der Waals surface area contributed by atoms with Crippen LogP contribution in [0.4, 0.5) is 25.1 Å². The molecule has 1 amide bonds. The molecule has 0 saturated heterocycles. The Morgan fingerprint density at radius 3 is 2.61 bits per heavy atom. The van der Waals surface area contributed by atoms with Crippen LogP contribution in [0.15, 0.2) is 46.4 Å². The quantitative estimate of drug-likeness (QED) is 0.582. The molecule has 2 aliphatic rings. The number of rotatable bonds is 5. The summed E-state index contributed by atoms with van der Waals surface area (Å²) in [6, 6.07) is 8.10. The highest BCUT2D eigenvalue weighted by atomic mass is 19.1. The predicted molar refractivity (Wildman–Crippen MR) is 112 cm³/mol. The Balaban J connectivity index is 1.60. The Morgan fingerprint density at radius 1 is 1.19 bits per heavy atom. The van der Waals surface area contributed by atoms with Crippen LogP contribution in [0.5, 0.6) is 0 Å². The van der Waals surface area contributed by atoms with Gasteiger partial charge in [-0.15, -0.1) is 0 Å². The highest BCUT2D eigenvalue weighted by Crippen LogP contribution is 2.35. The Labute approximate surface area is 177 Å². The first-order valence-electron chi connectivity index (χ1n) is 9.58. The van der Waals surface area contributed by atoms with Crippen molar-refractivity contribution in [3.63, 3.8) is 0 Å². The van der Waals surface area contributed by atoms with Crippen molar-refractivity contribution < 1.29 is 18.3 Å². The maximum atomic E-state index is 13.6. The standard InChI is InChI=1S/C20H21F2N7O2/c1-20(6-7-20)29-18-27-16(14-4-3-5-15(24-14)25-19(30)31-2)26-17(28-18)23-13-9-11(21)8-12(22)10-13/h3-5,8-10,18,29H,6-7H2,1-2H3,(H,24,25,30)(H2,23,26,27,28). The van der Waals surface area contributed by atoms with Gasteiger partial charge in [-0.3, -0.25) is 10.6 Å². The SMILES string of the molecule is COC(=O)Nc1cccc(C2=NC(NC3(C)CC3)N=C(Nc3cc(F)cc(F)c3)N2)n1. The Kier molecular flexibility index (Phi) is 5.51. The average molecular weight is 429 g/mol. The van der Waals surface area contributed by atoms with Crippen molar-refractivity contribution in [3.05, 3.63) is 53.7 Å². The molecule has 9 nitrogen and oxygen atoms in total. The molecule has 0 spiro atoms. The number of aliphatic imine (C=N–C) groups is 2. The molecule has 2 heterocycles. The molecule has 1 saturated carbocycles. The number of hydrogen-bond acceptors (Lipinski definition) is 8. The number of amides is 1. The number of halogens is 2. The molecule has 11 heteroatoms. The van der Waals surface area contributed by atoms with Crippen LogP contribution < -0.4 is 21.3 Å². The molecule has 4 N–H and O–H groups in total. The number of amidine groups is 1. The zero-order valence-electron chi connectivity index (χ0n) is 16.9. The third kappa shape index (κ3) is 5.31. The minimum atomic E-state index is -0.712. The van der Waals surface area contributed by atoms with E-state index in [0.29, 0.717) is 11.5 Å². The number of guanidine groups is 1. The monoisotopic (exact) mass is 429 g/mol. The molecule has 1 aliphatic carbocycles. The average Bonchev–Trinajstić information content (AvgIpc) is 3.43. The van der Waals surface area contributed by atoms with Crippen molar-refractivity contribution >= 4 is 29.4 Å². The van der Waals surface area contributed by atoms with Gasteiger partial charge in [0.25, 0.3) is 0 Å². The fourth-order valence-electron chi connectivity index (χ4n) is 2.91. The van der Waals surface area contributed by atoms with E-state index < -0.39 is 24.0 Å². The van der Waals surface area contributed by atoms with Gasteiger partial charge >= 0.3 is 6.09 Å². The molecule has 4 rings (SSSR count). The first-order chi connectivity index (χ1) is 14.8. The largest absolute Gasteiger partial charge is 0.453 e. The van der Waals surface area contributed by atoms with Crippen molar-refractivity contribution in [2.75, 3.05) is 17.7 Å². The normalized spacial score (nSPS) is 18.9. The third-order valence-electron chi connectivity index (χ3n) is 4.75. The number of nitrogens with one attached hydrogen (secondary N) is 4. The zero-order chi connectivity index (χ0) is 22.0. The van der Waals surface area contributed by atoms with Gasteiger partial charge in [0.05, 0.1) is 7.11 Å². The number of ether oxygens (including phenoxy) is 1. The molecular weight excluding hydrogens is 408 g/mol. The Morgan fingerprint density at radius 2 is 1.94 bits per heavy atom. The number of carbonyl (C=O) groups is 1. The molecule has 0 radical (unpaired) electrons. The van der Waals surface area contributed by atoms with Gasteiger partial charge in [0, 0.05) is 17.3 Å². The van der Waals surface area contributed by atoms with E-state index in [1.165, 1.54) is 7.11 Å². The van der Waals surface area contributed by atoms with E-state index in [9.17, 15) is 13.6 Å². The fraction of sp³-hybridized carbons (Fsp3) is 0.300. The van der Waals surface area contributed by atoms with Crippen molar-refractivity contribution in [1.29, 1.82) is 0 Å². The molecule has 1 fully saturated rings. The summed E-state index contributed by atoms with van der Waals surface area (Å²) < 4.78 is 31.7. The summed E-state index contributed by atoms with van der Waals surface area (Å²) in [4.78, 5) is 24.9. The lowest BCUT2D eigenvalue weighted by Crippen LogP contribution is -2.47. The van der Waals surface area contributed by atoms with E-state index in [1.54, 1.807) is 18.2 Å². The second-order valence-corrected chi connectivity index (χ2v) is 7.47. The van der Waals surface area contributed by atoms with Crippen LogP contribution in [-0.2, 0) is 4.74 Å². The number of anilines is 2. The first kappa shape index (κ1) is 20.7. The summed E-state index contributed by atoms with van der Waals surface area (Å²) in [7, 11) is 1.25. The Hall–Kier alpha value is -3.60. The van der Waals surface area contributed by atoms with E-state index in [0.717, 1.165) is 31.0 Å². The summed E-state index contributed by atoms with van der Waals surface area (Å²) in [5, 5.41) is 11.7. The molecule has 1 aromatic carbocycles. The molecule has 162 valence electrons. The number of methoxy groups -OCH3 is 1. The number of hydrogen-bond donors (Lipinski definition) is 4. The highest BCUT2D eigenvalue weighted by Gasteiger charge is 2.39. The number of aromatic nitrogens is 1. The van der Waals surface area contributed by atoms with Crippen LogP contribution in [0.25, 0.3) is 0 Å². The third-order valence-corrected chi connectivity index (χ3v) is 4.75. The van der Waals surface area contributed by atoms with Crippen molar-refractivity contribution in [2.24, 2.45) is 9.98 Å². The number of pyridine rings is 1. The molecular formula is C20H21F2N7O2. The lowest BCUT2D eigenvalue weighted by Gasteiger charge is -2.24. The molecule has 0 bridgehead atoms. The molecule has 1 atom stereocenters. The number of benzene rings is 1. The van der Waals surface area contributed by atoms with Crippen molar-refractivity contribution in [1.82, 2.24) is 15.6 Å². The number of carbonyl (C=O) groups excluding carboxylic acids is 1. The van der Waals surface area contributed by atoms with Gasteiger partial charge in [0.1, 0.15) is 23.1 Å². The minimum Gasteiger partial charge on any atom is -0.453 e. The maximum absolute atomic E-state index is 13.6. The summed E-state index contributed by atoms with van der Waals surface area (Å²) in [5.74, 6) is -0.543. The Bertz CT molecular complexity index is 1050. The van der Waals surface area contributed by atoms with Gasteiger partial charge in [-0.05, 0) is 44.0 Å². The van der Waals surface area contributed by atoms with E-state index in [4.69, 9.17) is 0 Å². The van der Waals surface area contributed by atoms with E-state index in [2.05, 4.69) is 47.9 Å². The van der Waals surface area contributed by atoms with Gasteiger partial charge in [0.15, 0.2) is 12.1 Å². The molecule has 2 aromatic rings. The van der Waals surface area contributed by atoms with Crippen LogP contribution in [-0.4, -0.2) is 41.8 Å². The molecule has 1 aromatic heterocycles. The van der Waals surface area contributed by atoms with Gasteiger partial charge in [-0.25, -0.2) is 28.5 Å². The van der Waals surface area contributed by atoms with E-state index in [-0.39, 0.29) is 23.0 Å². The van der Waals surface area contributed by atoms with Crippen LogP contribution in [0.1, 0.15) is 25.5 Å². The van der Waals surface area contributed by atoms with Crippen LogP contribution in [0.3, 0.4) is 0 Å². The van der Waals surface area contributed by atoms with Crippen LogP contribution in [0, 0.1) is 11.6 Å². The lowest BCUT2D eigenvalue weighted by atomic mass is 10.3. The smallest absolute Gasteiger partial charge is 0.412 e. The first-order valence-corrected chi connectivity index (χ1v) is 9.58. The fourth-order valence-corrected chi connectivity index (χ4v) is 2.91. The summed E-state index contributed by atoms with van der Waals surface area (Å²) in [6.07, 6.45) is 0.697. The van der Waals surface area contributed by atoms with Gasteiger partial charge < -0.3 is 15.4 Å². The minimum absolute atomic E-state index is 0.0715. The predicted octanol–water partition coefficient (Wildman–Crippen LogP) is 2.78. The molecule has 1 unspecified atom stereocenters. The highest BCUT2D eigenvalue weighted by molar-refractivity contribution is 6.12.